The van der Waals surface area contributed by atoms with Gasteiger partial charge in [0.15, 0.2) is 10.6 Å². The second-order valence-corrected chi connectivity index (χ2v) is 5.10. The van der Waals surface area contributed by atoms with E-state index in [9.17, 15) is 4.79 Å². The van der Waals surface area contributed by atoms with Gasteiger partial charge in [-0.2, -0.15) is 5.10 Å². The van der Waals surface area contributed by atoms with E-state index in [1.807, 2.05) is 30.5 Å². The van der Waals surface area contributed by atoms with E-state index in [0.717, 1.165) is 5.56 Å². The predicted molar refractivity (Wildman–Crippen MR) is 78.5 cm³/mol. The molecule has 6 nitrogen and oxygen atoms in total. The van der Waals surface area contributed by atoms with Crippen molar-refractivity contribution < 1.29 is 4.79 Å². The Morgan fingerprint density at radius 3 is 3.00 bits per heavy atom. The smallest absolute Gasteiger partial charge is 0.221 e. The third-order valence-electron chi connectivity index (χ3n) is 2.69. The van der Waals surface area contributed by atoms with Crippen LogP contribution in [0.5, 0.6) is 0 Å². The summed E-state index contributed by atoms with van der Waals surface area (Å²) >= 11 is 5.21. The second kappa shape index (κ2) is 6.42. The van der Waals surface area contributed by atoms with Gasteiger partial charge in [0.2, 0.25) is 5.91 Å². The Kier molecular flexibility index (Phi) is 4.62. The van der Waals surface area contributed by atoms with Crippen LogP contribution in [0.3, 0.4) is 0 Å². The maximum absolute atomic E-state index is 11.7. The van der Waals surface area contributed by atoms with E-state index >= 15 is 0 Å². The third-order valence-corrected chi connectivity index (χ3v) is 3.00. The zero-order chi connectivity index (χ0) is 14.5. The van der Waals surface area contributed by atoms with E-state index in [4.69, 9.17) is 12.2 Å². The van der Waals surface area contributed by atoms with Crippen LogP contribution in [0.4, 0.5) is 0 Å². The molecule has 0 radical (unpaired) electrons. The molecule has 0 saturated heterocycles. The SMILES string of the molecule is CC(C)NC(=O)CCn1c(-c2cccnc2)n[nH]c1=S. The van der Waals surface area contributed by atoms with Gasteiger partial charge in [-0.15, -0.1) is 0 Å². The molecule has 1 amide bonds. The molecular formula is C13H17N5OS. The van der Waals surface area contributed by atoms with E-state index < -0.39 is 0 Å². The number of amides is 1. The molecule has 0 atom stereocenters. The van der Waals surface area contributed by atoms with Gasteiger partial charge in [0.25, 0.3) is 0 Å². The highest BCUT2D eigenvalue weighted by Crippen LogP contribution is 2.15. The molecule has 0 aromatic carbocycles. The van der Waals surface area contributed by atoms with E-state index in [-0.39, 0.29) is 11.9 Å². The molecule has 20 heavy (non-hydrogen) atoms. The molecule has 0 spiro atoms. The summed E-state index contributed by atoms with van der Waals surface area (Å²) in [6.07, 6.45) is 3.78. The van der Waals surface area contributed by atoms with Crippen LogP contribution >= 0.6 is 12.2 Å². The van der Waals surface area contributed by atoms with Gasteiger partial charge in [-0.05, 0) is 38.2 Å². The molecule has 2 N–H and O–H groups in total. The molecule has 7 heteroatoms. The summed E-state index contributed by atoms with van der Waals surface area (Å²) in [4.78, 5) is 15.8. The topological polar surface area (TPSA) is 75.6 Å². The van der Waals surface area contributed by atoms with Gasteiger partial charge in [0, 0.05) is 37.0 Å². The minimum atomic E-state index is 0.000219. The molecule has 2 rings (SSSR count). The number of pyridine rings is 1. The van der Waals surface area contributed by atoms with Crippen LogP contribution in [0.25, 0.3) is 11.4 Å². The lowest BCUT2D eigenvalue weighted by Gasteiger charge is -2.09. The van der Waals surface area contributed by atoms with Crippen LogP contribution in [0.15, 0.2) is 24.5 Å². The highest BCUT2D eigenvalue weighted by Gasteiger charge is 2.11. The lowest BCUT2D eigenvalue weighted by Crippen LogP contribution is -2.30. The van der Waals surface area contributed by atoms with Gasteiger partial charge < -0.3 is 5.32 Å². The van der Waals surface area contributed by atoms with Crippen molar-refractivity contribution in [1.82, 2.24) is 25.1 Å². The number of hydrogen-bond acceptors (Lipinski definition) is 4. The molecular weight excluding hydrogens is 274 g/mol. The summed E-state index contributed by atoms with van der Waals surface area (Å²) in [6.45, 7) is 4.35. The van der Waals surface area contributed by atoms with Crippen LogP contribution in [-0.2, 0) is 11.3 Å². The van der Waals surface area contributed by atoms with Gasteiger partial charge in [-0.1, -0.05) is 0 Å². The fraction of sp³-hybridized carbons (Fsp3) is 0.385. The monoisotopic (exact) mass is 291 g/mol. The summed E-state index contributed by atoms with van der Waals surface area (Å²) in [7, 11) is 0. The predicted octanol–water partition coefficient (Wildman–Crippen LogP) is 1.92. The standard InChI is InChI=1S/C13H17N5OS/c1-9(2)15-11(19)5-7-18-12(16-17-13(18)20)10-4-3-6-14-8-10/h3-4,6,8-9H,5,7H2,1-2H3,(H,15,19)(H,17,20). The fourth-order valence-electron chi connectivity index (χ4n) is 1.85. The molecule has 0 saturated carbocycles. The first-order valence-electron chi connectivity index (χ1n) is 6.43. The number of hydrogen-bond donors (Lipinski definition) is 2. The molecule has 0 bridgehead atoms. The first kappa shape index (κ1) is 14.4. The Hall–Kier alpha value is -2.02. The minimum Gasteiger partial charge on any atom is -0.354 e. The maximum Gasteiger partial charge on any atom is 0.221 e. The molecule has 0 fully saturated rings. The fourth-order valence-corrected chi connectivity index (χ4v) is 2.07. The summed E-state index contributed by atoms with van der Waals surface area (Å²) in [5.41, 5.74) is 0.865. The average Bonchev–Trinajstić information content (AvgIpc) is 2.78. The molecule has 0 unspecified atom stereocenters. The minimum absolute atomic E-state index is 0.000219. The van der Waals surface area contributed by atoms with Gasteiger partial charge in [0.1, 0.15) is 0 Å². The normalized spacial score (nSPS) is 10.8. The number of aromatic amines is 1. The number of rotatable bonds is 5. The van der Waals surface area contributed by atoms with Gasteiger partial charge >= 0.3 is 0 Å². The Morgan fingerprint density at radius 1 is 1.55 bits per heavy atom. The lowest BCUT2D eigenvalue weighted by atomic mass is 10.2. The summed E-state index contributed by atoms with van der Waals surface area (Å²) in [6, 6.07) is 3.88. The van der Waals surface area contributed by atoms with Crippen molar-refractivity contribution in [1.29, 1.82) is 0 Å². The highest BCUT2D eigenvalue weighted by molar-refractivity contribution is 7.71. The molecule has 0 aliphatic carbocycles. The molecule has 2 aromatic heterocycles. The molecule has 0 aliphatic heterocycles. The van der Waals surface area contributed by atoms with E-state index in [1.54, 1.807) is 12.4 Å². The summed E-state index contributed by atoms with van der Waals surface area (Å²) < 4.78 is 2.31. The zero-order valence-corrected chi connectivity index (χ0v) is 12.3. The van der Waals surface area contributed by atoms with Gasteiger partial charge in [-0.3, -0.25) is 19.4 Å². The number of carbonyl (C=O) groups excluding carboxylic acids is 1. The Labute approximate surface area is 122 Å². The average molecular weight is 291 g/mol. The van der Waals surface area contributed by atoms with Crippen LogP contribution < -0.4 is 5.32 Å². The molecule has 2 aromatic rings. The number of H-pyrrole nitrogens is 1. The van der Waals surface area contributed by atoms with Crippen molar-refractivity contribution in [3.05, 3.63) is 29.3 Å². The maximum atomic E-state index is 11.7. The van der Waals surface area contributed by atoms with Gasteiger partial charge in [0.05, 0.1) is 0 Å². The van der Waals surface area contributed by atoms with Crippen LogP contribution in [0, 0.1) is 4.77 Å². The molecule has 106 valence electrons. The van der Waals surface area contributed by atoms with Crippen LogP contribution in [-0.4, -0.2) is 31.7 Å². The first-order valence-corrected chi connectivity index (χ1v) is 6.83. The molecule has 0 aliphatic rings. The van der Waals surface area contributed by atoms with Crippen LogP contribution in [0.2, 0.25) is 0 Å². The lowest BCUT2D eigenvalue weighted by molar-refractivity contribution is -0.121. The van der Waals surface area contributed by atoms with Gasteiger partial charge in [-0.25, -0.2) is 0 Å². The second-order valence-electron chi connectivity index (χ2n) is 4.72. The number of nitrogens with zero attached hydrogens (tertiary/aromatic N) is 3. The van der Waals surface area contributed by atoms with Crippen molar-refractivity contribution in [2.75, 3.05) is 0 Å². The first-order chi connectivity index (χ1) is 9.58. The highest BCUT2D eigenvalue weighted by atomic mass is 32.1. The van der Waals surface area contributed by atoms with E-state index in [1.165, 1.54) is 0 Å². The van der Waals surface area contributed by atoms with Crippen molar-refractivity contribution in [3.8, 4) is 11.4 Å². The largest absolute Gasteiger partial charge is 0.354 e. The summed E-state index contributed by atoms with van der Waals surface area (Å²) in [5, 5.41) is 9.81. The number of carbonyl (C=O) groups is 1. The van der Waals surface area contributed by atoms with Crippen molar-refractivity contribution in [2.45, 2.75) is 32.9 Å². The Balaban J connectivity index is 2.15. The van der Waals surface area contributed by atoms with Crippen molar-refractivity contribution in [2.24, 2.45) is 0 Å². The van der Waals surface area contributed by atoms with Crippen molar-refractivity contribution in [3.63, 3.8) is 0 Å². The van der Waals surface area contributed by atoms with Crippen LogP contribution in [0.1, 0.15) is 20.3 Å². The van der Waals surface area contributed by atoms with Crippen molar-refractivity contribution >= 4 is 18.1 Å². The quantitative estimate of drug-likeness (QED) is 0.825. The number of nitrogens with one attached hydrogen (secondary N) is 2. The number of aromatic nitrogens is 4. The summed E-state index contributed by atoms with van der Waals surface area (Å²) in [5.74, 6) is 0.695. The Morgan fingerprint density at radius 2 is 2.35 bits per heavy atom. The third kappa shape index (κ3) is 3.51. The van der Waals surface area contributed by atoms with E-state index in [2.05, 4.69) is 20.5 Å². The molecule has 2 heterocycles. The zero-order valence-electron chi connectivity index (χ0n) is 11.5. The van der Waals surface area contributed by atoms with E-state index in [0.29, 0.717) is 23.6 Å². The Bertz CT molecular complexity index is 632.